The van der Waals surface area contributed by atoms with Gasteiger partial charge in [-0.25, -0.2) is 9.97 Å². The van der Waals surface area contributed by atoms with Gasteiger partial charge in [-0.3, -0.25) is 0 Å². The summed E-state index contributed by atoms with van der Waals surface area (Å²) in [6.07, 6.45) is 0. The predicted octanol–water partition coefficient (Wildman–Crippen LogP) is 2.64. The van der Waals surface area contributed by atoms with E-state index in [4.69, 9.17) is 6.85 Å². The Morgan fingerprint density at radius 1 is 0.760 bits per heavy atom. The molecule has 0 aliphatic heterocycles. The molecule has 25 heavy (non-hydrogen) atoms. The summed E-state index contributed by atoms with van der Waals surface area (Å²) in [6, 6.07) is 11.1. The largest absolute Gasteiger partial charge is 0.489 e. The summed E-state index contributed by atoms with van der Waals surface area (Å²) >= 11 is 0. The third-order valence-corrected chi connectivity index (χ3v) is 3.80. The van der Waals surface area contributed by atoms with Crippen LogP contribution in [0.4, 0.5) is 0 Å². The van der Waals surface area contributed by atoms with Crippen LogP contribution in [0.3, 0.4) is 0 Å². The van der Waals surface area contributed by atoms with Gasteiger partial charge >= 0.3 is 7.12 Å². The number of rotatable bonds is 3. The van der Waals surface area contributed by atoms with Crippen LogP contribution in [0.2, 0.25) is 0 Å². The molecule has 0 saturated carbocycles. The first-order valence-electron chi connectivity index (χ1n) is 10.1. The van der Waals surface area contributed by atoms with Gasteiger partial charge < -0.3 is 10.0 Å². The molecule has 4 aromatic rings. The van der Waals surface area contributed by atoms with Gasteiger partial charge in [0.2, 0.25) is 0 Å². The Kier molecular flexibility index (Phi) is 2.79. The molecule has 2 N–H and O–H groups in total. The SMILES string of the molecule is [2H]c1c([2H])c([2H])c(-c2nc3ccccc3nc2-c2ccccc2B(O)O)c([2H])c1[2H]. The second kappa shape index (κ2) is 6.47. The van der Waals surface area contributed by atoms with E-state index in [0.29, 0.717) is 16.6 Å². The fourth-order valence-electron chi connectivity index (χ4n) is 2.67. The highest BCUT2D eigenvalue weighted by atomic mass is 16.4. The smallest absolute Gasteiger partial charge is 0.423 e. The van der Waals surface area contributed by atoms with Crippen LogP contribution < -0.4 is 5.46 Å². The standard InChI is InChI=1S/C20H15BN2O2/c24-21(25)16-11-5-4-10-15(16)20-19(14-8-2-1-3-9-14)22-17-12-6-7-13-18(17)23-20/h1-13,24-25H/i1D,2D,3D,8D,9D. The molecule has 1 aromatic heterocycles. The molecule has 0 aliphatic rings. The number of aromatic nitrogens is 2. The zero-order chi connectivity index (χ0) is 21.6. The summed E-state index contributed by atoms with van der Waals surface area (Å²) in [5.41, 5.74) is 1.66. The van der Waals surface area contributed by atoms with E-state index in [1.807, 2.05) is 0 Å². The predicted molar refractivity (Wildman–Crippen MR) is 100 cm³/mol. The first kappa shape index (κ1) is 10.8. The van der Waals surface area contributed by atoms with Crippen LogP contribution >= 0.6 is 0 Å². The maximum Gasteiger partial charge on any atom is 0.489 e. The fourth-order valence-corrected chi connectivity index (χ4v) is 2.67. The first-order valence-corrected chi connectivity index (χ1v) is 7.60. The van der Waals surface area contributed by atoms with E-state index in [1.54, 1.807) is 42.5 Å². The van der Waals surface area contributed by atoms with Crippen molar-refractivity contribution >= 4 is 23.6 Å². The molecule has 0 atom stereocenters. The van der Waals surface area contributed by atoms with E-state index < -0.39 is 37.3 Å². The van der Waals surface area contributed by atoms with Crippen molar-refractivity contribution in [3.63, 3.8) is 0 Å². The number of fused-ring (bicyclic) bond motifs is 1. The number of para-hydroxylation sites is 2. The van der Waals surface area contributed by atoms with Gasteiger partial charge in [0.05, 0.1) is 29.3 Å². The summed E-state index contributed by atoms with van der Waals surface area (Å²) in [6.45, 7) is 0. The van der Waals surface area contributed by atoms with Crippen LogP contribution in [0.15, 0.2) is 78.7 Å². The second-order valence-electron chi connectivity index (χ2n) is 5.37. The van der Waals surface area contributed by atoms with Crippen molar-refractivity contribution in [3.05, 3.63) is 78.7 Å². The van der Waals surface area contributed by atoms with E-state index in [1.165, 1.54) is 6.07 Å². The number of nitrogens with zero attached hydrogens (tertiary/aromatic N) is 2. The summed E-state index contributed by atoms with van der Waals surface area (Å²) < 4.78 is 40.5. The minimum absolute atomic E-state index is 0.0683. The summed E-state index contributed by atoms with van der Waals surface area (Å²) in [5.74, 6) is 0. The lowest BCUT2D eigenvalue weighted by molar-refractivity contribution is 0.426. The van der Waals surface area contributed by atoms with E-state index in [-0.39, 0.29) is 22.4 Å². The molecule has 4 rings (SSSR count). The van der Waals surface area contributed by atoms with Gasteiger partial charge in [0, 0.05) is 11.1 Å². The third kappa shape index (κ3) is 2.91. The maximum atomic E-state index is 9.82. The van der Waals surface area contributed by atoms with E-state index in [2.05, 4.69) is 9.97 Å². The van der Waals surface area contributed by atoms with Crippen LogP contribution in [0.25, 0.3) is 33.5 Å². The first-order chi connectivity index (χ1) is 14.3. The molecule has 0 saturated heterocycles. The van der Waals surface area contributed by atoms with Gasteiger partial charge in [0.25, 0.3) is 0 Å². The zero-order valence-corrected chi connectivity index (χ0v) is 13.0. The second-order valence-corrected chi connectivity index (χ2v) is 5.37. The van der Waals surface area contributed by atoms with Crippen molar-refractivity contribution in [2.75, 3.05) is 0 Å². The topological polar surface area (TPSA) is 66.2 Å². The highest BCUT2D eigenvalue weighted by molar-refractivity contribution is 6.60. The summed E-state index contributed by atoms with van der Waals surface area (Å²) in [5, 5.41) is 19.6. The Balaban J connectivity index is 2.16. The van der Waals surface area contributed by atoms with Gasteiger partial charge in [-0.2, -0.15) is 0 Å². The number of hydrogen-bond donors (Lipinski definition) is 2. The molecule has 0 fully saturated rings. The van der Waals surface area contributed by atoms with Gasteiger partial charge in [-0.05, 0) is 17.6 Å². The molecule has 0 unspecified atom stereocenters. The van der Waals surface area contributed by atoms with E-state index >= 15 is 0 Å². The normalized spacial score (nSPS) is 13.6. The van der Waals surface area contributed by atoms with Gasteiger partial charge in [-0.15, -0.1) is 0 Å². The van der Waals surface area contributed by atoms with E-state index in [9.17, 15) is 10.0 Å². The van der Waals surface area contributed by atoms with Crippen LogP contribution in [-0.2, 0) is 0 Å². The highest BCUT2D eigenvalue weighted by Gasteiger charge is 2.21. The summed E-state index contributed by atoms with van der Waals surface area (Å²) in [4.78, 5) is 9.17. The van der Waals surface area contributed by atoms with Crippen molar-refractivity contribution < 1.29 is 16.9 Å². The monoisotopic (exact) mass is 331 g/mol. The quantitative estimate of drug-likeness (QED) is 0.567. The average Bonchev–Trinajstić information content (AvgIpc) is 2.76. The van der Waals surface area contributed by atoms with Crippen LogP contribution in [0, 0.1) is 0 Å². The Morgan fingerprint density at radius 2 is 1.36 bits per heavy atom. The molecule has 0 amide bonds. The van der Waals surface area contributed by atoms with Gasteiger partial charge in [-0.1, -0.05) is 66.6 Å². The lowest BCUT2D eigenvalue weighted by Gasteiger charge is -2.13. The van der Waals surface area contributed by atoms with Crippen LogP contribution in [0.1, 0.15) is 6.85 Å². The Bertz CT molecular complexity index is 1270. The Morgan fingerprint density at radius 3 is 2.04 bits per heavy atom. The Hall–Kier alpha value is -3.02. The molecule has 1 heterocycles. The van der Waals surface area contributed by atoms with Crippen molar-refractivity contribution in [2.24, 2.45) is 0 Å². The Labute approximate surface area is 152 Å². The number of hydrogen-bond acceptors (Lipinski definition) is 4. The van der Waals surface area contributed by atoms with Crippen molar-refractivity contribution in [1.29, 1.82) is 0 Å². The molecule has 0 bridgehead atoms. The van der Waals surface area contributed by atoms with Crippen molar-refractivity contribution in [2.45, 2.75) is 0 Å². The van der Waals surface area contributed by atoms with Crippen LogP contribution in [0.5, 0.6) is 0 Å². The third-order valence-electron chi connectivity index (χ3n) is 3.80. The molecule has 120 valence electrons. The molecular weight excluding hydrogens is 311 g/mol. The van der Waals surface area contributed by atoms with Crippen LogP contribution in [-0.4, -0.2) is 27.1 Å². The summed E-state index contributed by atoms with van der Waals surface area (Å²) in [7, 11) is -1.79. The minimum atomic E-state index is -1.79. The van der Waals surface area contributed by atoms with Gasteiger partial charge in [0.15, 0.2) is 0 Å². The molecule has 0 aliphatic carbocycles. The minimum Gasteiger partial charge on any atom is -0.423 e. The highest BCUT2D eigenvalue weighted by Crippen LogP contribution is 2.30. The lowest BCUT2D eigenvalue weighted by atomic mass is 9.76. The molecule has 4 nitrogen and oxygen atoms in total. The van der Waals surface area contributed by atoms with Gasteiger partial charge in [0.1, 0.15) is 0 Å². The van der Waals surface area contributed by atoms with Crippen molar-refractivity contribution in [1.82, 2.24) is 9.97 Å². The molecule has 0 spiro atoms. The average molecular weight is 331 g/mol. The van der Waals surface area contributed by atoms with Crippen molar-refractivity contribution in [3.8, 4) is 22.5 Å². The maximum absolute atomic E-state index is 9.82. The lowest BCUT2D eigenvalue weighted by Crippen LogP contribution is -2.31. The zero-order valence-electron chi connectivity index (χ0n) is 18.0. The molecule has 0 radical (unpaired) electrons. The van der Waals surface area contributed by atoms with E-state index in [0.717, 1.165) is 0 Å². The molecule has 3 aromatic carbocycles. The number of benzene rings is 3. The molecule has 5 heteroatoms. The molecular formula is C20H15BN2O2. The fraction of sp³-hybridized carbons (Fsp3) is 0.